The topological polar surface area (TPSA) is 64.0 Å². The Bertz CT molecular complexity index is 680. The maximum atomic E-state index is 12.3. The summed E-state index contributed by atoms with van der Waals surface area (Å²) in [5.41, 5.74) is 0. The zero-order valence-electron chi connectivity index (χ0n) is 11.2. The van der Waals surface area contributed by atoms with Crippen LogP contribution in [-0.2, 0) is 10.0 Å². The summed E-state index contributed by atoms with van der Waals surface area (Å²) in [7, 11) is -3.60. The lowest BCUT2D eigenvalue weighted by molar-refractivity contribution is 0.484. The molecule has 1 heterocycles. The maximum Gasteiger partial charge on any atom is 0.263 e. The number of nitrogens with zero attached hydrogens (tertiary/aromatic N) is 2. The van der Waals surface area contributed by atoms with Gasteiger partial charge in [-0.3, -0.25) is 4.72 Å². The quantitative estimate of drug-likeness (QED) is 0.891. The minimum Gasteiger partial charge on any atom is -0.264 e. The van der Waals surface area contributed by atoms with Gasteiger partial charge in [0.1, 0.15) is 5.82 Å². The molecule has 108 valence electrons. The molecule has 0 spiro atoms. The summed E-state index contributed by atoms with van der Waals surface area (Å²) in [5.74, 6) is 0.474. The number of anilines is 1. The van der Waals surface area contributed by atoms with Crippen LogP contribution in [-0.4, -0.2) is 18.2 Å². The summed E-state index contributed by atoms with van der Waals surface area (Å²) >= 11 is 3.28. The average Bonchev–Trinajstić information content (AvgIpc) is 2.85. The minimum atomic E-state index is -3.60. The Labute approximate surface area is 127 Å². The van der Waals surface area contributed by atoms with Crippen molar-refractivity contribution in [3.8, 4) is 0 Å². The molecule has 0 amide bonds. The van der Waals surface area contributed by atoms with Gasteiger partial charge in [-0.05, 0) is 37.6 Å². The first kappa shape index (κ1) is 15.1. The van der Waals surface area contributed by atoms with E-state index in [-0.39, 0.29) is 10.9 Å². The summed E-state index contributed by atoms with van der Waals surface area (Å²) in [6, 6.07) is 8.28. The van der Waals surface area contributed by atoms with Gasteiger partial charge in [0.25, 0.3) is 10.0 Å². The number of hydrogen-bond donors (Lipinski definition) is 1. The van der Waals surface area contributed by atoms with Crippen LogP contribution in [0.5, 0.6) is 0 Å². The number of benzene rings is 1. The fraction of sp³-hybridized carbons (Fsp3) is 0.308. The van der Waals surface area contributed by atoms with E-state index in [0.717, 1.165) is 10.9 Å². The molecule has 1 atom stereocenters. The molecule has 1 aromatic heterocycles. The first-order valence-corrected chi connectivity index (χ1v) is 8.53. The van der Waals surface area contributed by atoms with Crippen LogP contribution in [0.3, 0.4) is 0 Å². The molecule has 0 aliphatic rings. The van der Waals surface area contributed by atoms with Crippen molar-refractivity contribution >= 4 is 31.8 Å². The van der Waals surface area contributed by atoms with Crippen LogP contribution in [0, 0.1) is 0 Å². The summed E-state index contributed by atoms with van der Waals surface area (Å²) < 4.78 is 29.7. The SMILES string of the molecule is CC[C@H](C)n1nccc1NS(=O)(=O)c1ccc(Br)cc1. The highest BCUT2D eigenvalue weighted by Gasteiger charge is 2.17. The Hall–Kier alpha value is -1.34. The highest BCUT2D eigenvalue weighted by molar-refractivity contribution is 9.10. The fourth-order valence-electron chi connectivity index (χ4n) is 1.73. The van der Waals surface area contributed by atoms with Gasteiger partial charge < -0.3 is 0 Å². The highest BCUT2D eigenvalue weighted by atomic mass is 79.9. The van der Waals surface area contributed by atoms with E-state index in [2.05, 4.69) is 25.8 Å². The molecule has 0 fully saturated rings. The van der Waals surface area contributed by atoms with Gasteiger partial charge >= 0.3 is 0 Å². The van der Waals surface area contributed by atoms with E-state index in [4.69, 9.17) is 0 Å². The van der Waals surface area contributed by atoms with Crippen LogP contribution < -0.4 is 4.72 Å². The van der Waals surface area contributed by atoms with Crippen molar-refractivity contribution in [1.29, 1.82) is 0 Å². The average molecular weight is 358 g/mol. The van der Waals surface area contributed by atoms with Gasteiger partial charge in [-0.2, -0.15) is 5.10 Å². The molecule has 0 aliphatic carbocycles. The first-order chi connectivity index (χ1) is 9.44. The van der Waals surface area contributed by atoms with Crippen molar-refractivity contribution in [3.63, 3.8) is 0 Å². The van der Waals surface area contributed by atoms with Crippen LogP contribution in [0.2, 0.25) is 0 Å². The molecular formula is C13H16BrN3O2S. The second-order valence-electron chi connectivity index (χ2n) is 4.48. The van der Waals surface area contributed by atoms with Crippen LogP contribution in [0.1, 0.15) is 26.3 Å². The van der Waals surface area contributed by atoms with E-state index in [1.165, 1.54) is 0 Å². The van der Waals surface area contributed by atoms with Gasteiger partial charge in [0, 0.05) is 10.5 Å². The number of aromatic nitrogens is 2. The Balaban J connectivity index is 2.29. The number of sulfonamides is 1. The molecule has 7 heteroatoms. The molecule has 0 saturated heterocycles. The maximum absolute atomic E-state index is 12.3. The predicted octanol–water partition coefficient (Wildman–Crippen LogP) is 3.42. The third-order valence-electron chi connectivity index (χ3n) is 3.04. The second-order valence-corrected chi connectivity index (χ2v) is 7.08. The van der Waals surface area contributed by atoms with Gasteiger partial charge in [0.05, 0.1) is 17.1 Å². The van der Waals surface area contributed by atoms with Crippen molar-refractivity contribution in [2.24, 2.45) is 0 Å². The summed E-state index contributed by atoms with van der Waals surface area (Å²) in [4.78, 5) is 0.220. The summed E-state index contributed by atoms with van der Waals surface area (Å²) in [6.07, 6.45) is 2.46. The molecule has 0 saturated carbocycles. The molecule has 0 aliphatic heterocycles. The zero-order chi connectivity index (χ0) is 14.8. The van der Waals surface area contributed by atoms with Crippen LogP contribution in [0.25, 0.3) is 0 Å². The summed E-state index contributed by atoms with van der Waals surface area (Å²) in [5, 5.41) is 4.16. The lowest BCUT2D eigenvalue weighted by Gasteiger charge is -2.15. The lowest BCUT2D eigenvalue weighted by Crippen LogP contribution is -2.17. The minimum absolute atomic E-state index is 0.132. The fourth-order valence-corrected chi connectivity index (χ4v) is 3.04. The Morgan fingerprint density at radius 3 is 2.55 bits per heavy atom. The molecule has 1 aromatic carbocycles. The molecule has 0 radical (unpaired) electrons. The van der Waals surface area contributed by atoms with E-state index in [9.17, 15) is 8.42 Å². The zero-order valence-corrected chi connectivity index (χ0v) is 13.6. The number of halogens is 1. The van der Waals surface area contributed by atoms with E-state index < -0.39 is 10.0 Å². The first-order valence-electron chi connectivity index (χ1n) is 6.26. The predicted molar refractivity (Wildman–Crippen MR) is 82.2 cm³/mol. The highest BCUT2D eigenvalue weighted by Crippen LogP contribution is 2.21. The van der Waals surface area contributed by atoms with Crippen molar-refractivity contribution in [1.82, 2.24) is 9.78 Å². The molecule has 5 nitrogen and oxygen atoms in total. The van der Waals surface area contributed by atoms with Crippen molar-refractivity contribution in [2.45, 2.75) is 31.2 Å². The van der Waals surface area contributed by atoms with Gasteiger partial charge in [-0.25, -0.2) is 13.1 Å². The largest absolute Gasteiger partial charge is 0.264 e. The second kappa shape index (κ2) is 5.97. The van der Waals surface area contributed by atoms with Crippen molar-refractivity contribution < 1.29 is 8.42 Å². The Morgan fingerprint density at radius 2 is 1.95 bits per heavy atom. The molecule has 0 bridgehead atoms. The third kappa shape index (κ3) is 3.21. The molecule has 20 heavy (non-hydrogen) atoms. The molecule has 2 aromatic rings. The van der Waals surface area contributed by atoms with Crippen molar-refractivity contribution in [3.05, 3.63) is 41.0 Å². The number of nitrogens with one attached hydrogen (secondary N) is 1. The Kier molecular flexibility index (Phi) is 4.49. The smallest absolute Gasteiger partial charge is 0.263 e. The molecule has 1 N–H and O–H groups in total. The normalized spacial score (nSPS) is 13.2. The van der Waals surface area contributed by atoms with E-state index in [1.807, 2.05) is 13.8 Å². The van der Waals surface area contributed by atoms with Crippen LogP contribution in [0.15, 0.2) is 45.9 Å². The summed E-state index contributed by atoms with van der Waals surface area (Å²) in [6.45, 7) is 4.02. The van der Waals surface area contributed by atoms with E-state index >= 15 is 0 Å². The Morgan fingerprint density at radius 1 is 1.30 bits per heavy atom. The third-order valence-corrected chi connectivity index (χ3v) is 4.94. The van der Waals surface area contributed by atoms with Crippen LogP contribution >= 0.6 is 15.9 Å². The monoisotopic (exact) mass is 357 g/mol. The van der Waals surface area contributed by atoms with E-state index in [0.29, 0.717) is 5.82 Å². The van der Waals surface area contributed by atoms with Gasteiger partial charge in [0.15, 0.2) is 0 Å². The molecule has 2 rings (SSSR count). The van der Waals surface area contributed by atoms with Crippen molar-refractivity contribution in [2.75, 3.05) is 4.72 Å². The molecular weight excluding hydrogens is 342 g/mol. The van der Waals surface area contributed by atoms with Crippen LogP contribution in [0.4, 0.5) is 5.82 Å². The lowest BCUT2D eigenvalue weighted by atomic mass is 10.3. The number of hydrogen-bond acceptors (Lipinski definition) is 3. The standard InChI is InChI=1S/C13H16BrN3O2S/c1-3-10(2)17-13(8-9-15-17)16-20(18,19)12-6-4-11(14)5-7-12/h4-10,16H,3H2,1-2H3/t10-/m0/s1. The van der Waals surface area contributed by atoms with Gasteiger partial charge in [0.2, 0.25) is 0 Å². The van der Waals surface area contributed by atoms with Gasteiger partial charge in [-0.15, -0.1) is 0 Å². The number of rotatable bonds is 5. The molecule has 0 unspecified atom stereocenters. The van der Waals surface area contributed by atoms with Gasteiger partial charge in [-0.1, -0.05) is 22.9 Å². The van der Waals surface area contributed by atoms with E-state index in [1.54, 1.807) is 41.2 Å².